The van der Waals surface area contributed by atoms with Crippen molar-refractivity contribution in [2.45, 2.75) is 25.8 Å². The maximum Gasteiger partial charge on any atom is 0.311 e. The van der Waals surface area contributed by atoms with E-state index in [1.165, 1.54) is 17.2 Å². The van der Waals surface area contributed by atoms with Gasteiger partial charge in [-0.15, -0.1) is 0 Å². The molecule has 1 aliphatic rings. The van der Waals surface area contributed by atoms with Gasteiger partial charge < -0.3 is 14.8 Å². The van der Waals surface area contributed by atoms with E-state index in [-0.39, 0.29) is 17.5 Å². The van der Waals surface area contributed by atoms with Crippen LogP contribution in [0.4, 0.5) is 11.4 Å². The number of methoxy groups -OCH3 is 1. The van der Waals surface area contributed by atoms with Crippen LogP contribution in [0.1, 0.15) is 30.5 Å². The molecule has 1 unspecified atom stereocenters. The minimum atomic E-state index is -0.426. The van der Waals surface area contributed by atoms with Crippen molar-refractivity contribution in [2.24, 2.45) is 0 Å². The first-order valence-corrected chi connectivity index (χ1v) is 7.97. The number of anilines is 1. The number of ether oxygens (including phenoxy) is 2. The maximum absolute atomic E-state index is 11.1. The Morgan fingerprint density at radius 3 is 2.83 bits per heavy atom. The highest BCUT2D eigenvalue weighted by atomic mass is 16.6. The summed E-state index contributed by atoms with van der Waals surface area (Å²) in [5.74, 6) is 1.20. The number of hydrogen-bond acceptors (Lipinski definition) is 5. The summed E-state index contributed by atoms with van der Waals surface area (Å²) in [5.41, 5.74) is 3.23. The predicted octanol–water partition coefficient (Wildman–Crippen LogP) is 4.10. The van der Waals surface area contributed by atoms with Gasteiger partial charge in [-0.1, -0.05) is 12.1 Å². The van der Waals surface area contributed by atoms with Crippen LogP contribution in [-0.4, -0.2) is 18.6 Å². The topological polar surface area (TPSA) is 73.6 Å². The van der Waals surface area contributed by atoms with Gasteiger partial charge in [-0.3, -0.25) is 10.1 Å². The molecule has 0 spiro atoms. The Hall–Kier alpha value is -2.76. The van der Waals surface area contributed by atoms with Crippen molar-refractivity contribution in [3.63, 3.8) is 0 Å². The molecule has 126 valence electrons. The summed E-state index contributed by atoms with van der Waals surface area (Å²) in [7, 11) is 1.68. The molecule has 0 aromatic heterocycles. The molecule has 0 heterocycles. The van der Waals surface area contributed by atoms with E-state index >= 15 is 0 Å². The maximum atomic E-state index is 11.1. The number of nitro groups is 1. The van der Waals surface area contributed by atoms with Crippen molar-refractivity contribution < 1.29 is 14.4 Å². The molecule has 0 aliphatic heterocycles. The van der Waals surface area contributed by atoms with Gasteiger partial charge in [-0.25, -0.2) is 0 Å². The molecule has 1 aliphatic carbocycles. The lowest BCUT2D eigenvalue weighted by Crippen LogP contribution is -2.08. The third kappa shape index (κ3) is 2.99. The quantitative estimate of drug-likeness (QED) is 0.638. The zero-order chi connectivity index (χ0) is 17.1. The van der Waals surface area contributed by atoms with E-state index in [1.807, 2.05) is 19.1 Å². The van der Waals surface area contributed by atoms with Gasteiger partial charge in [0.15, 0.2) is 5.75 Å². The van der Waals surface area contributed by atoms with Crippen LogP contribution in [0.5, 0.6) is 11.5 Å². The number of nitro benzene ring substituents is 1. The molecule has 0 saturated carbocycles. The van der Waals surface area contributed by atoms with Crippen LogP contribution in [0.25, 0.3) is 0 Å². The van der Waals surface area contributed by atoms with Crippen LogP contribution in [-0.2, 0) is 6.42 Å². The molecule has 2 aromatic carbocycles. The molecule has 24 heavy (non-hydrogen) atoms. The first-order valence-electron chi connectivity index (χ1n) is 7.97. The Bertz CT molecular complexity index is 761. The molecule has 0 saturated heterocycles. The molecule has 6 heteroatoms. The molecular formula is C18H20N2O4. The molecule has 6 nitrogen and oxygen atoms in total. The van der Waals surface area contributed by atoms with E-state index in [4.69, 9.17) is 9.47 Å². The second-order valence-electron chi connectivity index (χ2n) is 5.64. The fraction of sp³-hybridized carbons (Fsp3) is 0.333. The minimum Gasteiger partial charge on any atom is -0.496 e. The largest absolute Gasteiger partial charge is 0.496 e. The van der Waals surface area contributed by atoms with Gasteiger partial charge in [0, 0.05) is 17.8 Å². The summed E-state index contributed by atoms with van der Waals surface area (Å²) in [6.07, 6.45) is 1.90. The summed E-state index contributed by atoms with van der Waals surface area (Å²) in [4.78, 5) is 10.7. The second kappa shape index (κ2) is 6.78. The summed E-state index contributed by atoms with van der Waals surface area (Å²) >= 11 is 0. The number of nitrogens with zero attached hydrogens (tertiary/aromatic N) is 1. The molecule has 0 fully saturated rings. The zero-order valence-electron chi connectivity index (χ0n) is 13.7. The zero-order valence-corrected chi connectivity index (χ0v) is 13.7. The third-order valence-electron chi connectivity index (χ3n) is 4.24. The van der Waals surface area contributed by atoms with Gasteiger partial charge in [0.05, 0.1) is 24.7 Å². The van der Waals surface area contributed by atoms with Gasteiger partial charge in [-0.2, -0.15) is 0 Å². The summed E-state index contributed by atoms with van der Waals surface area (Å²) in [5, 5.41) is 14.5. The lowest BCUT2D eigenvalue weighted by Gasteiger charge is -2.17. The predicted molar refractivity (Wildman–Crippen MR) is 91.9 cm³/mol. The first kappa shape index (κ1) is 16.1. The van der Waals surface area contributed by atoms with E-state index < -0.39 is 4.92 Å². The second-order valence-corrected chi connectivity index (χ2v) is 5.64. The summed E-state index contributed by atoms with van der Waals surface area (Å²) in [6, 6.07) is 11.1. The van der Waals surface area contributed by atoms with E-state index in [9.17, 15) is 10.1 Å². The Balaban J connectivity index is 1.86. The Labute approximate surface area is 140 Å². The van der Waals surface area contributed by atoms with Crippen LogP contribution in [0.3, 0.4) is 0 Å². The third-order valence-corrected chi connectivity index (χ3v) is 4.24. The average Bonchev–Trinajstić information content (AvgIpc) is 2.98. The van der Waals surface area contributed by atoms with E-state index in [0.717, 1.165) is 24.3 Å². The van der Waals surface area contributed by atoms with Crippen LogP contribution in [0, 0.1) is 10.1 Å². The number of hydrogen-bond donors (Lipinski definition) is 1. The molecule has 1 N–H and O–H groups in total. The normalized spacial score (nSPS) is 15.7. The first-order chi connectivity index (χ1) is 11.6. The van der Waals surface area contributed by atoms with Crippen molar-refractivity contribution >= 4 is 11.4 Å². The highest BCUT2D eigenvalue weighted by Crippen LogP contribution is 2.39. The molecule has 1 atom stereocenters. The Morgan fingerprint density at radius 1 is 1.29 bits per heavy atom. The van der Waals surface area contributed by atoms with Crippen LogP contribution >= 0.6 is 0 Å². The van der Waals surface area contributed by atoms with E-state index in [2.05, 4.69) is 11.4 Å². The van der Waals surface area contributed by atoms with Crippen LogP contribution in [0.15, 0.2) is 36.4 Å². The fourth-order valence-corrected chi connectivity index (χ4v) is 3.19. The standard InChI is InChI=1S/C18H20N2O4/c1-3-24-18-11-12(7-10-16(18)20(21)22)19-15-9-8-14-13(15)5-4-6-17(14)23-2/h4-7,10-11,15,19H,3,8-9H2,1-2H3. The fourth-order valence-electron chi connectivity index (χ4n) is 3.19. The average molecular weight is 328 g/mol. The molecule has 2 aromatic rings. The Morgan fingerprint density at radius 2 is 2.12 bits per heavy atom. The SMILES string of the molecule is CCOc1cc(NC2CCc3c(OC)cccc32)ccc1[N+](=O)[O-]. The number of fused-ring (bicyclic) bond motifs is 1. The highest BCUT2D eigenvalue weighted by Gasteiger charge is 2.25. The molecule has 0 bridgehead atoms. The smallest absolute Gasteiger partial charge is 0.311 e. The summed E-state index contributed by atoms with van der Waals surface area (Å²) < 4.78 is 10.8. The lowest BCUT2D eigenvalue weighted by atomic mass is 10.1. The molecule has 3 rings (SSSR count). The highest BCUT2D eigenvalue weighted by molar-refractivity contribution is 5.59. The van der Waals surface area contributed by atoms with Crippen molar-refractivity contribution in [3.8, 4) is 11.5 Å². The van der Waals surface area contributed by atoms with E-state index in [1.54, 1.807) is 19.2 Å². The van der Waals surface area contributed by atoms with Gasteiger partial charge in [0.2, 0.25) is 0 Å². The van der Waals surface area contributed by atoms with Gasteiger partial charge in [0.25, 0.3) is 0 Å². The Kier molecular flexibility index (Phi) is 4.55. The molecule has 0 amide bonds. The van der Waals surface area contributed by atoms with Crippen molar-refractivity contribution in [1.82, 2.24) is 0 Å². The number of benzene rings is 2. The van der Waals surface area contributed by atoms with E-state index in [0.29, 0.717) is 6.61 Å². The molecule has 0 radical (unpaired) electrons. The van der Waals surface area contributed by atoms with Gasteiger partial charge in [-0.05, 0) is 43.0 Å². The monoisotopic (exact) mass is 328 g/mol. The molecular weight excluding hydrogens is 308 g/mol. The lowest BCUT2D eigenvalue weighted by molar-refractivity contribution is -0.385. The van der Waals surface area contributed by atoms with Crippen molar-refractivity contribution in [2.75, 3.05) is 19.0 Å². The summed E-state index contributed by atoms with van der Waals surface area (Å²) in [6.45, 7) is 2.19. The minimum absolute atomic E-state index is 0.0177. The van der Waals surface area contributed by atoms with Gasteiger partial charge >= 0.3 is 5.69 Å². The van der Waals surface area contributed by atoms with Crippen LogP contribution in [0.2, 0.25) is 0 Å². The van der Waals surface area contributed by atoms with Gasteiger partial charge in [0.1, 0.15) is 5.75 Å². The van der Waals surface area contributed by atoms with Crippen molar-refractivity contribution in [1.29, 1.82) is 0 Å². The van der Waals surface area contributed by atoms with Crippen molar-refractivity contribution in [3.05, 3.63) is 57.6 Å². The number of nitrogens with one attached hydrogen (secondary N) is 1. The van der Waals surface area contributed by atoms with Crippen LogP contribution < -0.4 is 14.8 Å². The number of rotatable bonds is 6.